The number of nitrogens with zero attached hydrogens (tertiary/aromatic N) is 1. The monoisotopic (exact) mass is 629 g/mol. The highest BCUT2D eigenvalue weighted by atomic mass is 16.3. The molecule has 0 aromatic heterocycles. The smallest absolute Gasteiger partial charge is 0.230 e. The standard InChI is InChI=1S/C41H74NO3/c1-6-8-10-12-14-16-18-20-22-24-26-28-30-32-34-36-39(43)41(45,38-42(3,4)5)40(44)37-35-33-31-29-27-25-23-21-19-17-15-13-11-9-7-2/h14-17,20-23,45H,6-13,18-19,24-38H2,1-5H3/q+1/b16-14-,17-15-,22-20-,23-21-. The summed E-state index contributed by atoms with van der Waals surface area (Å²) in [5.41, 5.74) is -1.86. The maximum atomic E-state index is 13.2. The van der Waals surface area contributed by atoms with Crippen LogP contribution in [0.1, 0.15) is 168 Å². The van der Waals surface area contributed by atoms with E-state index in [9.17, 15) is 14.7 Å². The maximum Gasteiger partial charge on any atom is 0.230 e. The average Bonchev–Trinajstić information content (AvgIpc) is 2.99. The summed E-state index contributed by atoms with van der Waals surface area (Å²) in [6.07, 6.45) is 43.5. The molecular weight excluding hydrogens is 554 g/mol. The van der Waals surface area contributed by atoms with Crippen molar-refractivity contribution >= 4 is 11.6 Å². The van der Waals surface area contributed by atoms with Gasteiger partial charge in [0.05, 0.1) is 21.1 Å². The van der Waals surface area contributed by atoms with Gasteiger partial charge in [-0.1, -0.05) is 127 Å². The Kier molecular flexibility index (Phi) is 28.4. The molecule has 0 radical (unpaired) electrons. The predicted octanol–water partition coefficient (Wildman–Crippen LogP) is 11.2. The molecule has 0 atom stereocenters. The Morgan fingerprint density at radius 1 is 0.489 bits per heavy atom. The van der Waals surface area contributed by atoms with Crippen molar-refractivity contribution in [1.29, 1.82) is 0 Å². The Balaban J connectivity index is 4.19. The molecule has 0 bridgehead atoms. The summed E-state index contributed by atoms with van der Waals surface area (Å²) in [4.78, 5) is 26.3. The minimum absolute atomic E-state index is 0.144. The highest BCUT2D eigenvalue weighted by molar-refractivity contribution is 6.10. The van der Waals surface area contributed by atoms with E-state index < -0.39 is 5.60 Å². The van der Waals surface area contributed by atoms with Crippen LogP contribution in [0, 0.1) is 0 Å². The van der Waals surface area contributed by atoms with Crippen LogP contribution in [0.5, 0.6) is 0 Å². The quantitative estimate of drug-likeness (QED) is 0.0349. The van der Waals surface area contributed by atoms with E-state index in [0.29, 0.717) is 4.48 Å². The van der Waals surface area contributed by atoms with E-state index in [1.807, 2.05) is 21.1 Å². The molecule has 0 aromatic rings. The molecule has 4 heteroatoms. The van der Waals surface area contributed by atoms with Crippen molar-refractivity contribution in [3.8, 4) is 0 Å². The minimum Gasteiger partial charge on any atom is -0.370 e. The largest absolute Gasteiger partial charge is 0.370 e. The van der Waals surface area contributed by atoms with E-state index in [1.165, 1.54) is 64.2 Å². The first-order valence-corrected chi connectivity index (χ1v) is 18.9. The van der Waals surface area contributed by atoms with Crippen LogP contribution in [0.4, 0.5) is 0 Å². The summed E-state index contributed by atoms with van der Waals surface area (Å²) < 4.78 is 0.387. The van der Waals surface area contributed by atoms with Crippen LogP contribution in [-0.4, -0.2) is 54.4 Å². The number of ketones is 2. The number of rotatable bonds is 32. The van der Waals surface area contributed by atoms with Gasteiger partial charge in [0.2, 0.25) is 5.60 Å². The van der Waals surface area contributed by atoms with Crippen molar-refractivity contribution in [2.45, 2.75) is 174 Å². The van der Waals surface area contributed by atoms with Crippen LogP contribution in [0.25, 0.3) is 0 Å². The molecule has 0 aliphatic rings. The van der Waals surface area contributed by atoms with Gasteiger partial charge >= 0.3 is 0 Å². The highest BCUT2D eigenvalue weighted by Gasteiger charge is 2.46. The fraction of sp³-hybridized carbons (Fsp3) is 0.756. The lowest BCUT2D eigenvalue weighted by Crippen LogP contribution is -2.58. The van der Waals surface area contributed by atoms with Crippen LogP contribution in [0.15, 0.2) is 48.6 Å². The number of allylic oxidation sites excluding steroid dienone is 8. The lowest BCUT2D eigenvalue weighted by molar-refractivity contribution is -0.874. The Morgan fingerprint density at radius 2 is 0.800 bits per heavy atom. The molecule has 260 valence electrons. The second kappa shape index (κ2) is 29.6. The highest BCUT2D eigenvalue weighted by Crippen LogP contribution is 2.21. The molecular formula is C41H74NO3+. The Morgan fingerprint density at radius 3 is 1.13 bits per heavy atom. The first-order chi connectivity index (χ1) is 21.7. The number of Topliss-reactive ketones (excluding diaryl/α,β-unsaturated/α-hetero) is 2. The molecule has 0 saturated heterocycles. The van der Waals surface area contributed by atoms with E-state index in [4.69, 9.17) is 0 Å². The second-order valence-electron chi connectivity index (χ2n) is 14.1. The molecule has 0 unspecified atom stereocenters. The molecule has 0 aliphatic carbocycles. The van der Waals surface area contributed by atoms with Crippen molar-refractivity contribution in [3.63, 3.8) is 0 Å². The van der Waals surface area contributed by atoms with Gasteiger partial charge in [-0.05, 0) is 77.0 Å². The summed E-state index contributed by atoms with van der Waals surface area (Å²) in [6.45, 7) is 4.62. The zero-order valence-corrected chi connectivity index (χ0v) is 30.5. The lowest BCUT2D eigenvalue weighted by Gasteiger charge is -2.33. The number of unbranched alkanes of at least 4 members (excludes halogenated alkanes) is 16. The van der Waals surface area contributed by atoms with E-state index in [-0.39, 0.29) is 31.0 Å². The van der Waals surface area contributed by atoms with Crippen LogP contribution >= 0.6 is 0 Å². The Bertz CT molecular complexity index is 772. The Labute approximate surface area is 280 Å². The lowest BCUT2D eigenvalue weighted by atomic mass is 9.86. The fourth-order valence-electron chi connectivity index (χ4n) is 5.63. The molecule has 0 aliphatic heterocycles. The summed E-state index contributed by atoms with van der Waals surface area (Å²) in [7, 11) is 5.80. The van der Waals surface area contributed by atoms with Crippen molar-refractivity contribution in [2.75, 3.05) is 27.7 Å². The molecule has 0 heterocycles. The molecule has 0 saturated carbocycles. The molecule has 4 nitrogen and oxygen atoms in total. The SMILES string of the molecule is CCCCC/C=C\C/C=C\CCCCCCCC(=O)C(O)(C[N+](C)(C)C)C(=O)CCCCCCC/C=C\C/C=C\CCCCC. The van der Waals surface area contributed by atoms with Gasteiger partial charge in [0, 0.05) is 12.8 Å². The molecule has 0 rings (SSSR count). The van der Waals surface area contributed by atoms with Crippen molar-refractivity contribution in [1.82, 2.24) is 0 Å². The van der Waals surface area contributed by atoms with Gasteiger partial charge in [0.25, 0.3) is 0 Å². The topological polar surface area (TPSA) is 54.4 Å². The van der Waals surface area contributed by atoms with Gasteiger partial charge in [-0.2, -0.15) is 0 Å². The van der Waals surface area contributed by atoms with Crippen LogP contribution < -0.4 is 0 Å². The number of likely N-dealkylation sites (N-methyl/N-ethyl adjacent to an activating group) is 1. The first-order valence-electron chi connectivity index (χ1n) is 18.9. The number of quaternary nitrogens is 1. The molecule has 0 aromatic carbocycles. The van der Waals surface area contributed by atoms with E-state index in [0.717, 1.165) is 77.0 Å². The third kappa shape index (κ3) is 27.1. The first kappa shape index (κ1) is 43.2. The number of hydrogen-bond donors (Lipinski definition) is 1. The summed E-state index contributed by atoms with van der Waals surface area (Å²) >= 11 is 0. The number of carbonyl (C=O) groups is 2. The molecule has 0 fully saturated rings. The second-order valence-corrected chi connectivity index (χ2v) is 14.1. The van der Waals surface area contributed by atoms with E-state index >= 15 is 0 Å². The average molecular weight is 629 g/mol. The zero-order chi connectivity index (χ0) is 33.5. The molecule has 0 amide bonds. The third-order valence-corrected chi connectivity index (χ3v) is 8.33. The summed E-state index contributed by atoms with van der Waals surface area (Å²) in [6, 6.07) is 0. The van der Waals surface area contributed by atoms with E-state index in [2.05, 4.69) is 62.5 Å². The van der Waals surface area contributed by atoms with Crippen molar-refractivity contribution in [2.24, 2.45) is 0 Å². The molecule has 1 N–H and O–H groups in total. The van der Waals surface area contributed by atoms with Gasteiger partial charge in [-0.3, -0.25) is 9.59 Å². The predicted molar refractivity (Wildman–Crippen MR) is 197 cm³/mol. The zero-order valence-electron chi connectivity index (χ0n) is 30.5. The van der Waals surface area contributed by atoms with Crippen molar-refractivity contribution < 1.29 is 19.2 Å². The summed E-state index contributed by atoms with van der Waals surface area (Å²) in [5, 5.41) is 11.4. The van der Waals surface area contributed by atoms with Crippen molar-refractivity contribution in [3.05, 3.63) is 48.6 Å². The number of aliphatic hydroxyl groups is 1. The van der Waals surface area contributed by atoms with Gasteiger partial charge < -0.3 is 9.59 Å². The normalized spacial score (nSPS) is 12.9. The maximum absolute atomic E-state index is 13.2. The minimum atomic E-state index is -1.86. The Hall–Kier alpha value is -1.78. The van der Waals surface area contributed by atoms with Crippen LogP contribution in [0.3, 0.4) is 0 Å². The van der Waals surface area contributed by atoms with Crippen LogP contribution in [0.2, 0.25) is 0 Å². The summed E-state index contributed by atoms with van der Waals surface area (Å²) in [5.74, 6) is -0.567. The van der Waals surface area contributed by atoms with Crippen LogP contribution in [-0.2, 0) is 9.59 Å². The number of hydrogen-bond acceptors (Lipinski definition) is 3. The van der Waals surface area contributed by atoms with Gasteiger partial charge in [0.15, 0.2) is 11.6 Å². The third-order valence-electron chi connectivity index (χ3n) is 8.33. The van der Waals surface area contributed by atoms with E-state index in [1.54, 1.807) is 0 Å². The van der Waals surface area contributed by atoms with Gasteiger partial charge in [-0.15, -0.1) is 0 Å². The molecule has 0 spiro atoms. The number of carbonyl (C=O) groups excluding carboxylic acids is 2. The van der Waals surface area contributed by atoms with Gasteiger partial charge in [0.1, 0.15) is 6.54 Å². The molecule has 45 heavy (non-hydrogen) atoms. The van der Waals surface area contributed by atoms with Gasteiger partial charge in [-0.25, -0.2) is 0 Å². The fourth-order valence-corrected chi connectivity index (χ4v) is 5.63.